The van der Waals surface area contributed by atoms with Crippen LogP contribution in [0.25, 0.3) is 11.0 Å². The average Bonchev–Trinajstić information content (AvgIpc) is 2.77. The number of hydrogen-bond donors (Lipinski definition) is 1. The summed E-state index contributed by atoms with van der Waals surface area (Å²) in [4.78, 5) is 20.8. The van der Waals surface area contributed by atoms with Crippen LogP contribution in [0.3, 0.4) is 0 Å². The highest BCUT2D eigenvalue weighted by atomic mass is 32.2. The largest absolute Gasteiger partial charge is 0.340 e. The molecule has 0 radical (unpaired) electrons. The van der Waals surface area contributed by atoms with Crippen molar-refractivity contribution in [2.45, 2.75) is 13.0 Å². The average molecular weight is 281 g/mol. The van der Waals surface area contributed by atoms with Crippen molar-refractivity contribution >= 4 is 28.7 Å². The van der Waals surface area contributed by atoms with Crippen LogP contribution in [-0.2, 0) is 11.3 Å². The summed E-state index contributed by atoms with van der Waals surface area (Å²) in [5.41, 5.74) is 1.36. The van der Waals surface area contributed by atoms with E-state index in [2.05, 4.69) is 9.97 Å². The zero-order chi connectivity index (χ0) is 13.8. The second-order valence-corrected chi connectivity index (χ2v) is 5.32. The Hall–Kier alpha value is -1.56. The lowest BCUT2D eigenvalue weighted by Gasteiger charge is -2.15. The van der Waals surface area contributed by atoms with Crippen molar-refractivity contribution in [1.29, 1.82) is 0 Å². The van der Waals surface area contributed by atoms with Crippen molar-refractivity contribution in [3.63, 3.8) is 0 Å². The minimum atomic E-state index is -0.299. The molecule has 1 heterocycles. The zero-order valence-electron chi connectivity index (χ0n) is 10.9. The van der Waals surface area contributed by atoms with Crippen LogP contribution in [0.4, 0.5) is 4.39 Å². The van der Waals surface area contributed by atoms with E-state index in [1.807, 2.05) is 6.26 Å². The van der Waals surface area contributed by atoms with Gasteiger partial charge in [0.15, 0.2) is 0 Å². The van der Waals surface area contributed by atoms with Crippen LogP contribution in [0, 0.1) is 5.82 Å². The molecule has 1 aromatic carbocycles. The van der Waals surface area contributed by atoms with Crippen molar-refractivity contribution in [2.75, 3.05) is 19.1 Å². The Morgan fingerprint density at radius 1 is 1.53 bits per heavy atom. The number of thioether (sulfide) groups is 1. The molecule has 0 aliphatic carbocycles. The first-order valence-electron chi connectivity index (χ1n) is 5.97. The maximum absolute atomic E-state index is 13.1. The molecule has 0 aliphatic rings. The molecule has 0 saturated heterocycles. The third-order valence-electron chi connectivity index (χ3n) is 2.83. The number of H-pyrrole nitrogens is 1. The maximum Gasteiger partial charge on any atom is 0.223 e. The van der Waals surface area contributed by atoms with Crippen LogP contribution in [0.1, 0.15) is 12.2 Å². The first-order chi connectivity index (χ1) is 9.10. The second-order valence-electron chi connectivity index (χ2n) is 4.34. The van der Waals surface area contributed by atoms with E-state index >= 15 is 0 Å². The Labute approximate surface area is 115 Å². The lowest BCUT2D eigenvalue weighted by molar-refractivity contribution is -0.130. The SMILES string of the molecule is CSCCC(=O)N(C)Cc1nc2ccc(F)cc2[nH]1. The summed E-state index contributed by atoms with van der Waals surface area (Å²) < 4.78 is 13.1. The van der Waals surface area contributed by atoms with Crippen LogP contribution in [-0.4, -0.2) is 39.8 Å². The van der Waals surface area contributed by atoms with Crippen molar-refractivity contribution < 1.29 is 9.18 Å². The molecule has 0 saturated carbocycles. The van der Waals surface area contributed by atoms with Crippen LogP contribution >= 0.6 is 11.8 Å². The number of nitrogens with one attached hydrogen (secondary N) is 1. The van der Waals surface area contributed by atoms with Gasteiger partial charge in [0.05, 0.1) is 17.6 Å². The van der Waals surface area contributed by atoms with E-state index < -0.39 is 0 Å². The van der Waals surface area contributed by atoms with E-state index in [1.165, 1.54) is 12.1 Å². The van der Waals surface area contributed by atoms with Gasteiger partial charge in [0.2, 0.25) is 5.91 Å². The molecule has 0 fully saturated rings. The Morgan fingerprint density at radius 2 is 2.32 bits per heavy atom. The van der Waals surface area contributed by atoms with Crippen LogP contribution in [0.2, 0.25) is 0 Å². The number of carbonyl (C=O) groups is 1. The Balaban J connectivity index is 2.06. The normalized spacial score (nSPS) is 10.9. The van der Waals surface area contributed by atoms with E-state index in [0.717, 1.165) is 5.75 Å². The Morgan fingerprint density at radius 3 is 3.05 bits per heavy atom. The molecule has 19 heavy (non-hydrogen) atoms. The van der Waals surface area contributed by atoms with Gasteiger partial charge >= 0.3 is 0 Å². The smallest absolute Gasteiger partial charge is 0.223 e. The first-order valence-corrected chi connectivity index (χ1v) is 7.36. The fourth-order valence-electron chi connectivity index (χ4n) is 1.80. The summed E-state index contributed by atoms with van der Waals surface area (Å²) in [7, 11) is 1.75. The van der Waals surface area contributed by atoms with Crippen LogP contribution < -0.4 is 0 Å². The van der Waals surface area contributed by atoms with Gasteiger partial charge in [-0.2, -0.15) is 11.8 Å². The first kappa shape index (κ1) is 13.9. The summed E-state index contributed by atoms with van der Waals surface area (Å²) in [5, 5.41) is 0. The summed E-state index contributed by atoms with van der Waals surface area (Å²) in [6, 6.07) is 4.40. The molecule has 0 aliphatic heterocycles. The highest BCUT2D eigenvalue weighted by molar-refractivity contribution is 7.98. The van der Waals surface area contributed by atoms with Crippen molar-refractivity contribution in [3.8, 4) is 0 Å². The van der Waals surface area contributed by atoms with Gasteiger partial charge in [-0.25, -0.2) is 9.37 Å². The van der Waals surface area contributed by atoms with Gasteiger partial charge in [0, 0.05) is 19.2 Å². The second kappa shape index (κ2) is 6.06. The van der Waals surface area contributed by atoms with Gasteiger partial charge in [0.25, 0.3) is 0 Å². The number of aromatic nitrogens is 2. The number of imidazole rings is 1. The van der Waals surface area contributed by atoms with Gasteiger partial charge < -0.3 is 9.88 Å². The molecule has 6 heteroatoms. The molecule has 0 bridgehead atoms. The van der Waals surface area contributed by atoms with E-state index in [4.69, 9.17) is 0 Å². The van der Waals surface area contributed by atoms with Crippen molar-refractivity contribution in [3.05, 3.63) is 29.8 Å². The molecule has 2 aromatic rings. The van der Waals surface area contributed by atoms with E-state index in [-0.39, 0.29) is 11.7 Å². The number of carbonyl (C=O) groups excluding carboxylic acids is 1. The molecule has 0 spiro atoms. The van der Waals surface area contributed by atoms with Gasteiger partial charge in [-0.3, -0.25) is 4.79 Å². The number of nitrogens with zero attached hydrogens (tertiary/aromatic N) is 2. The molecule has 1 aromatic heterocycles. The predicted octanol–water partition coefficient (Wildman–Crippen LogP) is 2.41. The number of amides is 1. The molecule has 4 nitrogen and oxygen atoms in total. The molecule has 2 rings (SSSR count). The number of benzene rings is 1. The van der Waals surface area contributed by atoms with Gasteiger partial charge in [-0.1, -0.05) is 0 Å². The van der Waals surface area contributed by atoms with Crippen LogP contribution in [0.5, 0.6) is 0 Å². The number of halogens is 1. The molecule has 0 atom stereocenters. The molecular weight excluding hydrogens is 265 g/mol. The Bertz CT molecular complexity index is 584. The molecule has 0 unspecified atom stereocenters. The van der Waals surface area contributed by atoms with Crippen LogP contribution in [0.15, 0.2) is 18.2 Å². The minimum Gasteiger partial charge on any atom is -0.340 e. The fourth-order valence-corrected chi connectivity index (χ4v) is 2.18. The van der Waals surface area contributed by atoms with E-state index in [1.54, 1.807) is 29.8 Å². The zero-order valence-corrected chi connectivity index (χ0v) is 11.8. The van der Waals surface area contributed by atoms with E-state index in [0.29, 0.717) is 29.8 Å². The van der Waals surface area contributed by atoms with Gasteiger partial charge in [0.1, 0.15) is 11.6 Å². The number of fused-ring (bicyclic) bond motifs is 1. The third kappa shape index (κ3) is 3.47. The molecule has 1 amide bonds. The topological polar surface area (TPSA) is 49.0 Å². The highest BCUT2D eigenvalue weighted by Gasteiger charge is 2.11. The predicted molar refractivity (Wildman–Crippen MR) is 75.5 cm³/mol. The Kier molecular flexibility index (Phi) is 4.42. The molecule has 102 valence electrons. The standard InChI is InChI=1S/C13H16FN3OS/c1-17(13(18)5-6-19-2)8-12-15-10-4-3-9(14)7-11(10)16-12/h3-4,7H,5-6,8H2,1-2H3,(H,15,16). The van der Waals surface area contributed by atoms with Gasteiger partial charge in [-0.05, 0) is 24.5 Å². The fraction of sp³-hybridized carbons (Fsp3) is 0.385. The molecule has 1 N–H and O–H groups in total. The monoisotopic (exact) mass is 281 g/mol. The lowest BCUT2D eigenvalue weighted by Crippen LogP contribution is -2.26. The third-order valence-corrected chi connectivity index (χ3v) is 3.44. The quantitative estimate of drug-likeness (QED) is 0.915. The van der Waals surface area contributed by atoms with E-state index in [9.17, 15) is 9.18 Å². The minimum absolute atomic E-state index is 0.0842. The summed E-state index contributed by atoms with van der Waals surface area (Å²) >= 11 is 1.65. The highest BCUT2D eigenvalue weighted by Crippen LogP contribution is 2.14. The lowest BCUT2D eigenvalue weighted by atomic mass is 10.3. The maximum atomic E-state index is 13.1. The van der Waals surface area contributed by atoms with Crippen molar-refractivity contribution in [2.24, 2.45) is 0 Å². The molecular formula is C13H16FN3OS. The summed E-state index contributed by atoms with van der Waals surface area (Å²) in [6.07, 6.45) is 2.49. The number of aromatic amines is 1. The van der Waals surface area contributed by atoms with Crippen molar-refractivity contribution in [1.82, 2.24) is 14.9 Å². The number of rotatable bonds is 5. The summed E-state index contributed by atoms with van der Waals surface area (Å²) in [5.74, 6) is 1.27. The number of hydrogen-bond acceptors (Lipinski definition) is 3. The van der Waals surface area contributed by atoms with Gasteiger partial charge in [-0.15, -0.1) is 0 Å². The summed E-state index contributed by atoms with van der Waals surface area (Å²) in [6.45, 7) is 0.406.